The summed E-state index contributed by atoms with van der Waals surface area (Å²) in [4.78, 5) is 25.5. The fourth-order valence-corrected chi connectivity index (χ4v) is 0.951. The van der Waals surface area contributed by atoms with Crippen LogP contribution >= 0.6 is 0 Å². The number of nitrogens with zero attached hydrogens (tertiary/aromatic N) is 1. The summed E-state index contributed by atoms with van der Waals surface area (Å²) in [5.41, 5.74) is 0. The lowest BCUT2D eigenvalue weighted by atomic mass is 10.4. The van der Waals surface area contributed by atoms with Gasteiger partial charge in [0.2, 0.25) is 0 Å². The summed E-state index contributed by atoms with van der Waals surface area (Å²) < 4.78 is 9.51. The van der Waals surface area contributed by atoms with Crippen molar-refractivity contribution in [1.29, 1.82) is 0 Å². The molecule has 5 heteroatoms. The minimum absolute atomic E-state index is 0.0401. The molecule has 0 aliphatic carbocycles. The third-order valence-corrected chi connectivity index (χ3v) is 1.46. The highest BCUT2D eigenvalue weighted by Gasteiger charge is 2.22. The van der Waals surface area contributed by atoms with Crippen LogP contribution in [0.2, 0.25) is 0 Å². The molecule has 0 spiro atoms. The van der Waals surface area contributed by atoms with Crippen molar-refractivity contribution in [3.63, 3.8) is 0 Å². The number of hydrogen-bond acceptors (Lipinski definition) is 5. The first-order valence-electron chi connectivity index (χ1n) is 3.62. The standard InChI is InChI=1S/C8H5NO4/c10-6-4-7(11)13-8-5(12-6)2-1-3-9-8/h1-3H,4H2. The number of hydrogen-bond donors (Lipinski definition) is 0. The van der Waals surface area contributed by atoms with Gasteiger partial charge < -0.3 is 9.47 Å². The quantitative estimate of drug-likeness (QED) is 0.423. The van der Waals surface area contributed by atoms with Crippen molar-refractivity contribution >= 4 is 11.9 Å². The fraction of sp³-hybridized carbons (Fsp3) is 0.125. The van der Waals surface area contributed by atoms with E-state index in [2.05, 4.69) is 4.98 Å². The first kappa shape index (κ1) is 7.72. The van der Waals surface area contributed by atoms with Crippen LogP contribution in [0, 0.1) is 0 Å². The molecule has 0 radical (unpaired) electrons. The molecule has 0 fully saturated rings. The number of aromatic nitrogens is 1. The van der Waals surface area contributed by atoms with Gasteiger partial charge in [0, 0.05) is 6.20 Å². The van der Waals surface area contributed by atoms with Crippen LogP contribution in [-0.2, 0) is 9.59 Å². The molecule has 0 atom stereocenters. The van der Waals surface area contributed by atoms with E-state index in [0.717, 1.165) is 0 Å². The maximum Gasteiger partial charge on any atom is 0.324 e. The van der Waals surface area contributed by atoms with E-state index in [-0.39, 0.29) is 18.1 Å². The first-order valence-corrected chi connectivity index (χ1v) is 3.62. The van der Waals surface area contributed by atoms with E-state index in [0.29, 0.717) is 0 Å². The van der Waals surface area contributed by atoms with Gasteiger partial charge in [-0.1, -0.05) is 0 Å². The topological polar surface area (TPSA) is 65.5 Å². The van der Waals surface area contributed by atoms with Crippen molar-refractivity contribution in [2.45, 2.75) is 6.42 Å². The van der Waals surface area contributed by atoms with E-state index in [1.807, 2.05) is 0 Å². The molecular weight excluding hydrogens is 174 g/mol. The van der Waals surface area contributed by atoms with E-state index >= 15 is 0 Å². The Morgan fingerprint density at radius 1 is 1.23 bits per heavy atom. The Morgan fingerprint density at radius 3 is 2.85 bits per heavy atom. The van der Waals surface area contributed by atoms with Gasteiger partial charge in [0.1, 0.15) is 6.42 Å². The number of ether oxygens (including phenoxy) is 2. The SMILES string of the molecule is O=C1CC(=O)Oc2ncccc2O1. The molecule has 0 saturated heterocycles. The van der Waals surface area contributed by atoms with E-state index in [9.17, 15) is 9.59 Å². The Bertz CT molecular complexity index is 339. The number of pyridine rings is 1. The smallest absolute Gasteiger partial charge is 0.324 e. The van der Waals surface area contributed by atoms with Gasteiger partial charge in [-0.15, -0.1) is 0 Å². The van der Waals surface area contributed by atoms with Crippen molar-refractivity contribution in [2.75, 3.05) is 0 Å². The Balaban J connectivity index is 2.43. The summed E-state index contributed by atoms with van der Waals surface area (Å²) in [6, 6.07) is 3.10. The molecule has 1 aromatic rings. The van der Waals surface area contributed by atoms with Gasteiger partial charge >= 0.3 is 11.9 Å². The van der Waals surface area contributed by atoms with Crippen LogP contribution < -0.4 is 9.47 Å². The summed E-state index contributed by atoms with van der Waals surface area (Å²) in [6.07, 6.45) is 1.07. The first-order chi connectivity index (χ1) is 6.25. The lowest BCUT2D eigenvalue weighted by Crippen LogP contribution is -2.13. The summed E-state index contributed by atoms with van der Waals surface area (Å²) in [6.45, 7) is 0. The highest BCUT2D eigenvalue weighted by Crippen LogP contribution is 2.26. The second kappa shape index (κ2) is 2.85. The van der Waals surface area contributed by atoms with E-state index in [1.54, 1.807) is 6.07 Å². The van der Waals surface area contributed by atoms with Crippen LogP contribution in [0.4, 0.5) is 0 Å². The number of fused-ring (bicyclic) bond motifs is 1. The lowest BCUT2D eigenvalue weighted by molar-refractivity contribution is -0.142. The number of esters is 2. The summed E-state index contributed by atoms with van der Waals surface area (Å²) in [7, 11) is 0. The molecule has 1 aliphatic heterocycles. The zero-order valence-corrected chi connectivity index (χ0v) is 6.52. The molecule has 0 amide bonds. The minimum atomic E-state index is -0.651. The molecule has 1 aliphatic rings. The van der Waals surface area contributed by atoms with Gasteiger partial charge in [0.05, 0.1) is 0 Å². The molecule has 0 unspecified atom stereocenters. The summed E-state index contributed by atoms with van der Waals surface area (Å²) in [5, 5.41) is 0. The van der Waals surface area contributed by atoms with Crippen LogP contribution in [0.1, 0.15) is 6.42 Å². The van der Waals surface area contributed by atoms with Crippen molar-refractivity contribution < 1.29 is 19.1 Å². The molecule has 0 N–H and O–H groups in total. The van der Waals surface area contributed by atoms with Crippen LogP contribution in [0.5, 0.6) is 11.6 Å². The fourth-order valence-electron chi connectivity index (χ4n) is 0.951. The normalized spacial score (nSPS) is 15.4. The second-order valence-corrected chi connectivity index (χ2v) is 2.43. The highest BCUT2D eigenvalue weighted by molar-refractivity contribution is 5.94. The molecule has 0 bridgehead atoms. The molecule has 0 aromatic carbocycles. The average Bonchev–Trinajstić information content (AvgIpc) is 2.20. The average molecular weight is 179 g/mol. The van der Waals surface area contributed by atoms with Crippen LogP contribution in [0.15, 0.2) is 18.3 Å². The molecule has 2 heterocycles. The molecule has 0 saturated carbocycles. The predicted octanol–water partition coefficient (Wildman–Crippen LogP) is 0.296. The predicted molar refractivity (Wildman–Crippen MR) is 40.1 cm³/mol. The molecule has 5 nitrogen and oxygen atoms in total. The molecule has 66 valence electrons. The zero-order chi connectivity index (χ0) is 9.26. The molecule has 1 aromatic heterocycles. The number of rotatable bonds is 0. The highest BCUT2D eigenvalue weighted by atomic mass is 16.6. The molecule has 2 rings (SSSR count). The van der Waals surface area contributed by atoms with Crippen molar-refractivity contribution in [3.05, 3.63) is 18.3 Å². The Morgan fingerprint density at radius 2 is 2.00 bits per heavy atom. The summed E-state index contributed by atoms with van der Waals surface area (Å²) in [5.74, 6) is -1.06. The number of carbonyl (C=O) groups is 2. The van der Waals surface area contributed by atoms with E-state index in [1.165, 1.54) is 12.3 Å². The van der Waals surface area contributed by atoms with Gasteiger partial charge in [-0.25, -0.2) is 4.98 Å². The Hall–Kier alpha value is -1.91. The maximum absolute atomic E-state index is 10.9. The Labute approximate surface area is 73.3 Å². The third-order valence-electron chi connectivity index (χ3n) is 1.46. The van der Waals surface area contributed by atoms with Gasteiger partial charge in [-0.3, -0.25) is 9.59 Å². The third kappa shape index (κ3) is 1.48. The van der Waals surface area contributed by atoms with Gasteiger partial charge in [0.15, 0.2) is 5.75 Å². The zero-order valence-electron chi connectivity index (χ0n) is 6.52. The van der Waals surface area contributed by atoms with Crippen molar-refractivity contribution in [1.82, 2.24) is 4.98 Å². The van der Waals surface area contributed by atoms with Gasteiger partial charge in [0.25, 0.3) is 5.88 Å². The van der Waals surface area contributed by atoms with Crippen LogP contribution in [0.25, 0.3) is 0 Å². The van der Waals surface area contributed by atoms with Gasteiger partial charge in [-0.05, 0) is 12.1 Å². The van der Waals surface area contributed by atoms with Crippen molar-refractivity contribution in [2.24, 2.45) is 0 Å². The summed E-state index contributed by atoms with van der Waals surface area (Å²) >= 11 is 0. The van der Waals surface area contributed by atoms with Crippen LogP contribution in [0.3, 0.4) is 0 Å². The number of carbonyl (C=O) groups excluding carboxylic acids is 2. The maximum atomic E-state index is 10.9. The van der Waals surface area contributed by atoms with Crippen molar-refractivity contribution in [3.8, 4) is 11.6 Å². The van der Waals surface area contributed by atoms with Crippen LogP contribution in [-0.4, -0.2) is 16.9 Å². The second-order valence-electron chi connectivity index (χ2n) is 2.43. The van der Waals surface area contributed by atoms with Gasteiger partial charge in [-0.2, -0.15) is 0 Å². The molecular formula is C8H5NO4. The molecule has 13 heavy (non-hydrogen) atoms. The van der Waals surface area contributed by atoms with E-state index < -0.39 is 11.9 Å². The monoisotopic (exact) mass is 179 g/mol. The largest absolute Gasteiger partial charge is 0.420 e. The van der Waals surface area contributed by atoms with E-state index in [4.69, 9.17) is 9.47 Å². The lowest BCUT2D eigenvalue weighted by Gasteiger charge is -2.00. The minimum Gasteiger partial charge on any atom is -0.420 e. The Kier molecular flexibility index (Phi) is 1.70.